The first kappa shape index (κ1) is 38.3. The quantitative estimate of drug-likeness (QED) is 0.107. The Morgan fingerprint density at radius 1 is 1.00 bits per heavy atom. The molecule has 5 amide bonds. The summed E-state index contributed by atoms with van der Waals surface area (Å²) in [5.74, 6) is -4.67. The number of esters is 1. The summed E-state index contributed by atoms with van der Waals surface area (Å²) in [5, 5.41) is 10.6. The molecule has 45 heavy (non-hydrogen) atoms. The highest BCUT2D eigenvalue weighted by Gasteiger charge is 2.74. The molecule has 1 saturated heterocycles. The molecule has 2 aliphatic rings. The molecule has 0 aromatic carbocycles. The minimum Gasteiger partial charge on any atom is -0.460 e. The number of carbonyl (C=O) groups excluding carboxylic acids is 6. The van der Waals surface area contributed by atoms with Crippen LogP contribution < -0.4 is 21.3 Å². The molecule has 5 unspecified atom stereocenters. The van der Waals surface area contributed by atoms with Gasteiger partial charge >= 0.3 is 12.0 Å². The Balaban J connectivity index is 2.23. The molecule has 1 saturated carbocycles. The van der Waals surface area contributed by atoms with E-state index in [9.17, 15) is 28.8 Å². The van der Waals surface area contributed by atoms with Crippen molar-refractivity contribution in [3.8, 4) is 0 Å². The Kier molecular flexibility index (Phi) is 12.2. The van der Waals surface area contributed by atoms with Crippen LogP contribution in [0.4, 0.5) is 4.79 Å². The Morgan fingerprint density at radius 2 is 1.60 bits per heavy atom. The molecule has 14 heteroatoms. The zero-order valence-corrected chi connectivity index (χ0v) is 29.3. The van der Waals surface area contributed by atoms with Crippen LogP contribution in [0.2, 0.25) is 0 Å². The zero-order valence-electron chi connectivity index (χ0n) is 27.8. The smallest absolute Gasteiger partial charge is 0.315 e. The highest BCUT2D eigenvalue weighted by molar-refractivity contribution is 6.51. The van der Waals surface area contributed by atoms with Crippen LogP contribution in [0.1, 0.15) is 81.6 Å². The van der Waals surface area contributed by atoms with Gasteiger partial charge in [0.25, 0.3) is 5.91 Å². The summed E-state index contributed by atoms with van der Waals surface area (Å²) in [5.41, 5.74) is -1.99. The van der Waals surface area contributed by atoms with E-state index in [1.54, 1.807) is 68.4 Å². The summed E-state index contributed by atoms with van der Waals surface area (Å²) in [4.78, 5) is 79.7. The summed E-state index contributed by atoms with van der Waals surface area (Å²) in [6, 6.07) is -3.95. The van der Waals surface area contributed by atoms with Crippen molar-refractivity contribution in [1.29, 1.82) is 0 Å². The number of ketones is 1. The summed E-state index contributed by atoms with van der Waals surface area (Å²) in [7, 11) is 0. The fourth-order valence-electron chi connectivity index (χ4n) is 5.18. The van der Waals surface area contributed by atoms with Crippen LogP contribution in [0.5, 0.6) is 0 Å². The van der Waals surface area contributed by atoms with Gasteiger partial charge in [-0.1, -0.05) is 26.8 Å². The van der Waals surface area contributed by atoms with Crippen molar-refractivity contribution in [3.05, 3.63) is 12.7 Å². The number of hydrogen-bond donors (Lipinski definition) is 4. The fraction of sp³-hybridized carbons (Fsp3) is 0.742. The number of hydrogen-bond acceptors (Lipinski definition) is 7. The number of nitrogens with zero attached hydrogens (tertiary/aromatic N) is 1. The van der Waals surface area contributed by atoms with Crippen molar-refractivity contribution in [3.63, 3.8) is 0 Å². The van der Waals surface area contributed by atoms with E-state index in [1.165, 1.54) is 4.90 Å². The molecule has 0 spiro atoms. The van der Waals surface area contributed by atoms with Crippen LogP contribution in [-0.4, -0.2) is 87.1 Å². The monoisotopic (exact) mass is 673 g/mol. The van der Waals surface area contributed by atoms with Gasteiger partial charge < -0.3 is 30.9 Å². The van der Waals surface area contributed by atoms with Gasteiger partial charge in [-0.05, 0) is 59.8 Å². The number of rotatable bonds is 12. The molecule has 254 valence electrons. The number of allylic oxidation sites excluding steroid dienone is 1. The van der Waals surface area contributed by atoms with Crippen molar-refractivity contribution < 1.29 is 33.5 Å². The minimum absolute atomic E-state index is 0.0638. The topological polar surface area (TPSA) is 163 Å². The normalized spacial score (nSPS) is 21.8. The van der Waals surface area contributed by atoms with Gasteiger partial charge in [-0.15, -0.1) is 29.8 Å². The number of fused-ring (bicyclic) bond motifs is 1. The third-order valence-electron chi connectivity index (χ3n) is 7.31. The second-order valence-corrected chi connectivity index (χ2v) is 16.2. The molecule has 1 heterocycles. The van der Waals surface area contributed by atoms with Crippen LogP contribution in [0, 0.1) is 17.3 Å². The molecule has 4 N–H and O–H groups in total. The standard InChI is InChI=1S/C31H49Cl2N5O7/c1-11-12-13-18(22(40)25(42)34-15-14-19(39)45-30(8,9)10)35-24(41)21-20-17(31(20,32)33)16-38(21)26(43)23(28(2,3)4)36-27(44)37-29(5,6)7/h11,17-18,20-21,23H,1,12-16H2,2-10H3,(H,34,42)(H,35,41)(H2,36,37,44). The Morgan fingerprint density at radius 3 is 2.11 bits per heavy atom. The number of nitrogens with one attached hydrogen (secondary N) is 4. The van der Waals surface area contributed by atoms with Gasteiger partial charge in [0.1, 0.15) is 22.0 Å². The molecule has 2 fully saturated rings. The van der Waals surface area contributed by atoms with Crippen LogP contribution in [0.25, 0.3) is 0 Å². The molecule has 12 nitrogen and oxygen atoms in total. The van der Waals surface area contributed by atoms with E-state index in [0.29, 0.717) is 6.42 Å². The van der Waals surface area contributed by atoms with Gasteiger partial charge in [0.15, 0.2) is 0 Å². The van der Waals surface area contributed by atoms with Crippen molar-refractivity contribution in [2.24, 2.45) is 17.3 Å². The molecule has 0 aromatic heterocycles. The highest BCUT2D eigenvalue weighted by atomic mass is 35.5. The summed E-state index contributed by atoms with van der Waals surface area (Å²) in [6.45, 7) is 19.5. The van der Waals surface area contributed by atoms with Gasteiger partial charge in [-0.3, -0.25) is 24.0 Å². The number of piperidine rings is 1. The highest BCUT2D eigenvalue weighted by Crippen LogP contribution is 2.65. The second-order valence-electron chi connectivity index (χ2n) is 14.8. The lowest BCUT2D eigenvalue weighted by molar-refractivity contribution is -0.154. The van der Waals surface area contributed by atoms with Crippen LogP contribution in [0.3, 0.4) is 0 Å². The third-order valence-corrected chi connectivity index (χ3v) is 8.38. The van der Waals surface area contributed by atoms with Crippen LogP contribution >= 0.6 is 23.2 Å². The van der Waals surface area contributed by atoms with E-state index in [-0.39, 0.29) is 25.9 Å². The SMILES string of the molecule is C=CCCC(NC(=O)C1C2C(CN1C(=O)C(NC(=O)NC(C)(C)C)C(C)(C)C)C2(Cl)Cl)C(=O)C(=O)NCCC(=O)OC(C)(C)C. The lowest BCUT2D eigenvalue weighted by atomic mass is 9.85. The summed E-state index contributed by atoms with van der Waals surface area (Å²) in [6.07, 6.45) is 1.76. The molecular weight excluding hydrogens is 625 g/mol. The second kappa shape index (κ2) is 14.3. The molecule has 1 aliphatic carbocycles. The maximum Gasteiger partial charge on any atom is 0.315 e. The van der Waals surface area contributed by atoms with Gasteiger partial charge in [-0.25, -0.2) is 4.79 Å². The average molecular weight is 675 g/mol. The van der Waals surface area contributed by atoms with Crippen molar-refractivity contribution in [2.45, 2.75) is 115 Å². The zero-order chi connectivity index (χ0) is 34.7. The average Bonchev–Trinajstić information content (AvgIpc) is 3.19. The van der Waals surface area contributed by atoms with Gasteiger partial charge in [-0.2, -0.15) is 0 Å². The molecule has 0 radical (unpaired) electrons. The molecule has 0 bridgehead atoms. The van der Waals surface area contributed by atoms with E-state index in [0.717, 1.165) is 0 Å². The van der Waals surface area contributed by atoms with Crippen LogP contribution in [-0.2, 0) is 28.7 Å². The lowest BCUT2D eigenvalue weighted by Gasteiger charge is -2.38. The lowest BCUT2D eigenvalue weighted by Crippen LogP contribution is -2.62. The molecule has 2 rings (SSSR count). The summed E-state index contributed by atoms with van der Waals surface area (Å²) >= 11 is 13.0. The predicted octanol–water partition coefficient (Wildman–Crippen LogP) is 3.00. The maximum absolute atomic E-state index is 14.0. The van der Waals surface area contributed by atoms with Crippen molar-refractivity contribution >= 4 is 58.7 Å². The van der Waals surface area contributed by atoms with Crippen LogP contribution in [0.15, 0.2) is 12.7 Å². The predicted molar refractivity (Wildman–Crippen MR) is 171 cm³/mol. The van der Waals surface area contributed by atoms with E-state index in [4.69, 9.17) is 27.9 Å². The molecule has 1 aliphatic heterocycles. The Hall–Kier alpha value is -2.86. The van der Waals surface area contributed by atoms with E-state index >= 15 is 0 Å². The first-order chi connectivity index (χ1) is 20.4. The van der Waals surface area contributed by atoms with E-state index in [2.05, 4.69) is 27.8 Å². The Labute approximate surface area is 276 Å². The number of Topliss-reactive ketones (excluding diaryl/α,β-unsaturated/α-hetero) is 1. The molecule has 0 aromatic rings. The maximum atomic E-state index is 14.0. The van der Waals surface area contributed by atoms with Gasteiger partial charge in [0.2, 0.25) is 17.6 Å². The number of urea groups is 1. The number of likely N-dealkylation sites (tertiary alicyclic amines) is 1. The molecular formula is C31H49Cl2N5O7. The van der Waals surface area contributed by atoms with Gasteiger partial charge in [0.05, 0.1) is 12.5 Å². The van der Waals surface area contributed by atoms with E-state index < -0.39 is 86.4 Å². The number of ether oxygens (including phenoxy) is 1. The van der Waals surface area contributed by atoms with Crippen molar-refractivity contribution in [1.82, 2.24) is 26.2 Å². The summed E-state index contributed by atoms with van der Waals surface area (Å²) < 4.78 is 3.95. The minimum atomic E-state index is -1.26. The van der Waals surface area contributed by atoms with E-state index in [1.807, 2.05) is 0 Å². The fourth-order valence-corrected chi connectivity index (χ4v) is 6.01. The van der Waals surface area contributed by atoms with Crippen molar-refractivity contribution in [2.75, 3.05) is 13.1 Å². The number of carbonyl (C=O) groups is 6. The first-order valence-electron chi connectivity index (χ1n) is 15.1. The number of alkyl halides is 2. The Bertz CT molecular complexity index is 1190. The first-order valence-corrected chi connectivity index (χ1v) is 15.9. The number of halogens is 2. The largest absolute Gasteiger partial charge is 0.460 e. The third kappa shape index (κ3) is 10.6. The molecule has 5 atom stereocenters. The number of amides is 5. The van der Waals surface area contributed by atoms with Gasteiger partial charge in [0, 0.05) is 30.5 Å².